The molecule has 0 aliphatic carbocycles. The van der Waals surface area contributed by atoms with E-state index in [2.05, 4.69) is 10.3 Å². The van der Waals surface area contributed by atoms with Gasteiger partial charge in [-0.25, -0.2) is 13.6 Å². The van der Waals surface area contributed by atoms with Gasteiger partial charge in [-0.2, -0.15) is 0 Å². The lowest BCUT2D eigenvalue weighted by Gasteiger charge is -2.20. The average Bonchev–Trinajstić information content (AvgIpc) is 3.23. The van der Waals surface area contributed by atoms with Gasteiger partial charge in [0.05, 0.1) is 17.6 Å². The molecule has 1 atom stereocenters. The van der Waals surface area contributed by atoms with Gasteiger partial charge in [0.1, 0.15) is 5.75 Å². The summed E-state index contributed by atoms with van der Waals surface area (Å²) in [6.07, 6.45) is 1.91. The molecule has 0 aliphatic heterocycles. The first-order chi connectivity index (χ1) is 15.8. The first kappa shape index (κ1) is 22.8. The van der Waals surface area contributed by atoms with E-state index in [0.717, 1.165) is 22.0 Å². The van der Waals surface area contributed by atoms with Crippen LogP contribution in [0.3, 0.4) is 0 Å². The molecule has 0 fully saturated rings. The zero-order chi connectivity index (χ0) is 23.6. The van der Waals surface area contributed by atoms with Gasteiger partial charge in [0.15, 0.2) is 0 Å². The maximum atomic E-state index is 13.1. The van der Waals surface area contributed by atoms with Crippen LogP contribution in [0.1, 0.15) is 27.4 Å². The van der Waals surface area contributed by atoms with Crippen LogP contribution in [0.25, 0.3) is 10.9 Å². The van der Waals surface area contributed by atoms with Crippen LogP contribution in [-0.4, -0.2) is 33.0 Å². The van der Waals surface area contributed by atoms with Crippen LogP contribution in [0.4, 0.5) is 0 Å². The number of halogens is 1. The fourth-order valence-corrected chi connectivity index (χ4v) is 4.67. The standard InChI is InChI=1S/C24H22ClN3O4S/c1-32-23-11-10-15(33(26,30)31)12-18(23)24(29)28-14-19(16-6-2-4-8-21(16)25)20-13-27-22-9-5-3-7-17(20)22/h2-13,19,27H,14H2,1H3,(H,28,29)(H2,26,30,31)/t19-/m1/s1. The quantitative estimate of drug-likeness (QED) is 0.368. The first-order valence-electron chi connectivity index (χ1n) is 10.1. The van der Waals surface area contributed by atoms with Crippen molar-refractivity contribution in [2.75, 3.05) is 13.7 Å². The van der Waals surface area contributed by atoms with Crippen molar-refractivity contribution in [3.8, 4) is 5.75 Å². The molecule has 0 saturated heterocycles. The third-order valence-corrected chi connectivity index (χ3v) is 6.74. The van der Waals surface area contributed by atoms with Crippen LogP contribution in [0.5, 0.6) is 5.75 Å². The molecule has 4 rings (SSSR count). The van der Waals surface area contributed by atoms with Gasteiger partial charge in [-0.05, 0) is 41.5 Å². The minimum absolute atomic E-state index is 0.0702. The van der Waals surface area contributed by atoms with E-state index in [0.29, 0.717) is 5.02 Å². The number of nitrogens with two attached hydrogens (primary N) is 1. The second-order valence-corrected chi connectivity index (χ2v) is 9.45. The number of rotatable bonds is 7. The number of aromatic amines is 1. The van der Waals surface area contributed by atoms with Crippen LogP contribution in [0.15, 0.2) is 77.8 Å². The number of fused-ring (bicyclic) bond motifs is 1. The summed E-state index contributed by atoms with van der Waals surface area (Å²) in [4.78, 5) is 16.2. The predicted molar refractivity (Wildman–Crippen MR) is 128 cm³/mol. The van der Waals surface area contributed by atoms with Gasteiger partial charge in [0.2, 0.25) is 10.0 Å². The number of carbonyl (C=O) groups excluding carboxylic acids is 1. The number of amides is 1. The third kappa shape index (κ3) is 4.73. The van der Waals surface area contributed by atoms with Crippen LogP contribution in [-0.2, 0) is 10.0 Å². The molecule has 33 heavy (non-hydrogen) atoms. The second kappa shape index (κ2) is 9.27. The van der Waals surface area contributed by atoms with Crippen molar-refractivity contribution in [1.82, 2.24) is 10.3 Å². The summed E-state index contributed by atoms with van der Waals surface area (Å²) in [6, 6.07) is 19.2. The number of nitrogens with one attached hydrogen (secondary N) is 2. The maximum absolute atomic E-state index is 13.1. The molecule has 1 amide bonds. The summed E-state index contributed by atoms with van der Waals surface area (Å²) in [6.45, 7) is 0.215. The van der Waals surface area contributed by atoms with Crippen molar-refractivity contribution < 1.29 is 17.9 Å². The number of ether oxygens (including phenoxy) is 1. The van der Waals surface area contributed by atoms with Gasteiger partial charge in [0.25, 0.3) is 5.91 Å². The van der Waals surface area contributed by atoms with Gasteiger partial charge < -0.3 is 15.0 Å². The number of hydrogen-bond acceptors (Lipinski definition) is 4. The highest BCUT2D eigenvalue weighted by Crippen LogP contribution is 2.34. The highest BCUT2D eigenvalue weighted by Gasteiger charge is 2.23. The lowest BCUT2D eigenvalue weighted by molar-refractivity contribution is 0.0949. The SMILES string of the molecule is COc1ccc(S(N)(=O)=O)cc1C(=O)NC[C@H](c1ccccc1Cl)c1c[nH]c2ccccc12. The van der Waals surface area contributed by atoms with Gasteiger partial charge in [-0.3, -0.25) is 4.79 Å². The van der Waals surface area contributed by atoms with E-state index in [4.69, 9.17) is 21.5 Å². The van der Waals surface area contributed by atoms with Crippen molar-refractivity contribution in [1.29, 1.82) is 0 Å². The summed E-state index contributed by atoms with van der Waals surface area (Å²) in [5, 5.41) is 9.73. The summed E-state index contributed by atoms with van der Waals surface area (Å²) >= 11 is 6.51. The molecule has 1 heterocycles. The topological polar surface area (TPSA) is 114 Å². The highest BCUT2D eigenvalue weighted by molar-refractivity contribution is 7.89. The molecule has 0 radical (unpaired) electrons. The Morgan fingerprint density at radius 2 is 1.82 bits per heavy atom. The fourth-order valence-electron chi connectivity index (χ4n) is 3.86. The van der Waals surface area contributed by atoms with Gasteiger partial charge >= 0.3 is 0 Å². The predicted octanol–water partition coefficient (Wildman–Crippen LogP) is 4.04. The van der Waals surface area contributed by atoms with E-state index >= 15 is 0 Å². The highest BCUT2D eigenvalue weighted by atomic mass is 35.5. The van der Waals surface area contributed by atoms with Crippen molar-refractivity contribution in [2.45, 2.75) is 10.8 Å². The molecule has 9 heteroatoms. The van der Waals surface area contributed by atoms with E-state index < -0.39 is 15.9 Å². The molecule has 1 aromatic heterocycles. The molecule has 0 saturated carbocycles. The maximum Gasteiger partial charge on any atom is 0.255 e. The molecular formula is C24H22ClN3O4S. The molecule has 3 aromatic carbocycles. The Morgan fingerprint density at radius 3 is 2.55 bits per heavy atom. The Morgan fingerprint density at radius 1 is 1.09 bits per heavy atom. The van der Waals surface area contributed by atoms with E-state index in [1.807, 2.05) is 48.7 Å². The van der Waals surface area contributed by atoms with Gasteiger partial charge in [-0.15, -0.1) is 0 Å². The molecule has 0 unspecified atom stereocenters. The lowest BCUT2D eigenvalue weighted by Crippen LogP contribution is -2.29. The summed E-state index contributed by atoms with van der Waals surface area (Å²) in [5.74, 6) is -0.512. The van der Waals surface area contributed by atoms with E-state index in [9.17, 15) is 13.2 Å². The van der Waals surface area contributed by atoms with Gasteiger partial charge in [0, 0.05) is 34.6 Å². The molecule has 4 aromatic rings. The number of sulfonamides is 1. The monoisotopic (exact) mass is 483 g/mol. The van der Waals surface area contributed by atoms with Crippen LogP contribution in [0.2, 0.25) is 5.02 Å². The zero-order valence-electron chi connectivity index (χ0n) is 17.7. The Balaban J connectivity index is 1.70. The molecule has 4 N–H and O–H groups in total. The van der Waals surface area contributed by atoms with E-state index in [1.165, 1.54) is 25.3 Å². The largest absolute Gasteiger partial charge is 0.496 e. The molecule has 7 nitrogen and oxygen atoms in total. The van der Waals surface area contributed by atoms with Crippen molar-refractivity contribution in [2.24, 2.45) is 5.14 Å². The number of carbonyl (C=O) groups is 1. The van der Waals surface area contributed by atoms with Crippen LogP contribution < -0.4 is 15.2 Å². The number of benzene rings is 3. The van der Waals surface area contributed by atoms with Crippen molar-refractivity contribution in [3.05, 3.63) is 94.6 Å². The zero-order valence-corrected chi connectivity index (χ0v) is 19.3. The van der Waals surface area contributed by atoms with Gasteiger partial charge in [-0.1, -0.05) is 48.0 Å². The van der Waals surface area contributed by atoms with Crippen molar-refractivity contribution in [3.63, 3.8) is 0 Å². The number of aromatic nitrogens is 1. The second-order valence-electron chi connectivity index (χ2n) is 7.48. The van der Waals surface area contributed by atoms with Crippen LogP contribution in [0, 0.1) is 0 Å². The lowest BCUT2D eigenvalue weighted by atomic mass is 9.90. The smallest absolute Gasteiger partial charge is 0.255 e. The minimum atomic E-state index is -3.98. The molecule has 0 spiro atoms. The Labute approximate surface area is 196 Å². The Kier molecular flexibility index (Phi) is 6.42. The fraction of sp³-hybridized carbons (Fsp3) is 0.125. The number of primary sulfonamides is 1. The number of H-pyrrole nitrogens is 1. The van der Waals surface area contributed by atoms with E-state index in [-0.39, 0.29) is 28.7 Å². The minimum Gasteiger partial charge on any atom is -0.496 e. The number of para-hydroxylation sites is 1. The molecule has 0 bridgehead atoms. The number of methoxy groups -OCH3 is 1. The van der Waals surface area contributed by atoms with E-state index in [1.54, 1.807) is 6.07 Å². The normalized spacial score (nSPS) is 12.5. The Bertz CT molecular complexity index is 1430. The summed E-state index contributed by atoms with van der Waals surface area (Å²) < 4.78 is 28.8. The third-order valence-electron chi connectivity index (χ3n) is 5.49. The molecular weight excluding hydrogens is 462 g/mol. The van der Waals surface area contributed by atoms with Crippen LogP contribution >= 0.6 is 11.6 Å². The Hall–Kier alpha value is -3.33. The number of hydrogen-bond donors (Lipinski definition) is 3. The summed E-state index contributed by atoms with van der Waals surface area (Å²) in [5.41, 5.74) is 2.87. The first-order valence-corrected chi connectivity index (χ1v) is 12.0. The molecule has 0 aliphatic rings. The summed E-state index contributed by atoms with van der Waals surface area (Å²) in [7, 11) is -2.58. The molecule has 170 valence electrons. The van der Waals surface area contributed by atoms with Crippen molar-refractivity contribution >= 4 is 38.4 Å². The average molecular weight is 484 g/mol.